The van der Waals surface area contributed by atoms with Gasteiger partial charge in [-0.15, -0.1) is 0 Å². The van der Waals surface area contributed by atoms with Crippen molar-refractivity contribution in [1.29, 1.82) is 0 Å². The van der Waals surface area contributed by atoms with Gasteiger partial charge >= 0.3 is 12.1 Å². The topological polar surface area (TPSA) is 105 Å². The Hall–Kier alpha value is -3.39. The van der Waals surface area contributed by atoms with Crippen LogP contribution in [0, 0.1) is 5.41 Å². The third-order valence-electron chi connectivity index (χ3n) is 7.39. The summed E-state index contributed by atoms with van der Waals surface area (Å²) in [5, 5.41) is 11.6. The number of amides is 2. The molecule has 184 valence electrons. The maximum Gasteiger partial charge on any atom is 0.407 e. The molecule has 2 aromatic carbocycles. The third-order valence-corrected chi connectivity index (χ3v) is 7.39. The summed E-state index contributed by atoms with van der Waals surface area (Å²) in [4.78, 5) is 38.1. The van der Waals surface area contributed by atoms with Gasteiger partial charge in [0.05, 0.1) is 11.5 Å². The van der Waals surface area contributed by atoms with E-state index in [2.05, 4.69) is 29.6 Å². The molecule has 0 bridgehead atoms. The van der Waals surface area contributed by atoms with Crippen molar-refractivity contribution in [1.82, 2.24) is 10.2 Å². The number of nitrogens with zero attached hydrogens (tertiary/aromatic N) is 1. The van der Waals surface area contributed by atoms with Crippen LogP contribution in [0.1, 0.15) is 42.7 Å². The van der Waals surface area contributed by atoms with Crippen LogP contribution in [-0.2, 0) is 19.1 Å². The minimum absolute atomic E-state index is 0.00527. The number of benzene rings is 2. The summed E-state index contributed by atoms with van der Waals surface area (Å²) in [5.74, 6) is -0.942. The van der Waals surface area contributed by atoms with Crippen molar-refractivity contribution in [3.63, 3.8) is 0 Å². The van der Waals surface area contributed by atoms with Crippen LogP contribution in [0.15, 0.2) is 48.5 Å². The van der Waals surface area contributed by atoms with Crippen LogP contribution in [0.5, 0.6) is 0 Å². The number of piperidine rings is 1. The quantitative estimate of drug-likeness (QED) is 0.603. The molecule has 0 aromatic heterocycles. The maximum atomic E-state index is 13.1. The van der Waals surface area contributed by atoms with Crippen molar-refractivity contribution in [3.05, 3.63) is 59.7 Å². The van der Waals surface area contributed by atoms with Crippen molar-refractivity contribution in [2.75, 3.05) is 32.8 Å². The molecule has 2 amide bonds. The predicted octanol–water partition coefficient (Wildman–Crippen LogP) is 3.40. The number of likely N-dealkylation sites (tertiary alicyclic amines) is 1. The molecule has 0 unspecified atom stereocenters. The zero-order valence-corrected chi connectivity index (χ0v) is 19.6. The average molecular weight is 479 g/mol. The minimum Gasteiger partial charge on any atom is -0.480 e. The standard InChI is InChI=1S/C27H30N2O6/c30-24(31)16-34-18-9-13-29(14-10-18)25(32)27(11-12-27)17-28-26(33)35-15-23-21-7-3-1-5-19(21)20-6-2-4-8-22(20)23/h1-8,18,23H,9-17H2,(H,28,33)(H,30,31). The smallest absolute Gasteiger partial charge is 0.407 e. The molecule has 2 aliphatic carbocycles. The summed E-state index contributed by atoms with van der Waals surface area (Å²) >= 11 is 0. The lowest BCUT2D eigenvalue weighted by molar-refractivity contribution is -0.148. The number of ether oxygens (including phenoxy) is 2. The van der Waals surface area contributed by atoms with Crippen molar-refractivity contribution >= 4 is 18.0 Å². The Balaban J connectivity index is 1.11. The summed E-state index contributed by atoms with van der Waals surface area (Å²) < 4.78 is 11.0. The van der Waals surface area contributed by atoms with Gasteiger partial charge in [-0.3, -0.25) is 4.79 Å². The maximum absolute atomic E-state index is 13.1. The van der Waals surface area contributed by atoms with Crippen molar-refractivity contribution < 1.29 is 29.0 Å². The molecule has 2 aromatic rings. The lowest BCUT2D eigenvalue weighted by Gasteiger charge is -2.34. The molecule has 1 saturated carbocycles. The van der Waals surface area contributed by atoms with Gasteiger partial charge in [0.25, 0.3) is 0 Å². The van der Waals surface area contributed by atoms with E-state index < -0.39 is 17.5 Å². The van der Waals surface area contributed by atoms with Gasteiger partial charge in [0.2, 0.25) is 5.91 Å². The highest BCUT2D eigenvalue weighted by Gasteiger charge is 2.52. The van der Waals surface area contributed by atoms with E-state index in [1.54, 1.807) is 0 Å². The molecular formula is C27H30N2O6. The molecule has 35 heavy (non-hydrogen) atoms. The average Bonchev–Trinajstić information content (AvgIpc) is 3.61. The van der Waals surface area contributed by atoms with Crippen LogP contribution in [0.4, 0.5) is 4.79 Å². The zero-order valence-electron chi connectivity index (χ0n) is 19.6. The third kappa shape index (κ3) is 4.89. The summed E-state index contributed by atoms with van der Waals surface area (Å²) in [6.07, 6.45) is 2.08. The second-order valence-corrected chi connectivity index (χ2v) is 9.66. The molecule has 0 atom stereocenters. The second-order valence-electron chi connectivity index (χ2n) is 9.66. The highest BCUT2D eigenvalue weighted by molar-refractivity contribution is 5.86. The number of carbonyl (C=O) groups excluding carboxylic acids is 2. The van der Waals surface area contributed by atoms with Gasteiger partial charge < -0.3 is 24.8 Å². The molecule has 1 saturated heterocycles. The molecule has 2 N–H and O–H groups in total. The molecular weight excluding hydrogens is 448 g/mol. The van der Waals surface area contributed by atoms with Gasteiger partial charge in [0.15, 0.2) is 0 Å². The predicted molar refractivity (Wildman–Crippen MR) is 128 cm³/mol. The van der Waals surface area contributed by atoms with E-state index in [1.165, 1.54) is 11.1 Å². The van der Waals surface area contributed by atoms with Gasteiger partial charge in [-0.1, -0.05) is 48.5 Å². The first-order valence-corrected chi connectivity index (χ1v) is 12.2. The zero-order chi connectivity index (χ0) is 24.4. The van der Waals surface area contributed by atoms with Gasteiger partial charge in [-0.2, -0.15) is 0 Å². The number of alkyl carbamates (subject to hydrolysis) is 1. The number of hydrogen-bond acceptors (Lipinski definition) is 5. The van der Waals surface area contributed by atoms with E-state index in [9.17, 15) is 14.4 Å². The number of fused-ring (bicyclic) bond motifs is 3. The number of carboxylic acid groups (broad SMARTS) is 1. The van der Waals surface area contributed by atoms with E-state index in [0.29, 0.717) is 25.9 Å². The summed E-state index contributed by atoms with van der Waals surface area (Å²) in [5.41, 5.74) is 4.12. The number of hydrogen-bond donors (Lipinski definition) is 2. The Bertz CT molecular complexity index is 1070. The van der Waals surface area contributed by atoms with Crippen LogP contribution >= 0.6 is 0 Å². The van der Waals surface area contributed by atoms with Crippen molar-refractivity contribution in [2.45, 2.75) is 37.7 Å². The van der Waals surface area contributed by atoms with E-state index in [0.717, 1.165) is 24.0 Å². The van der Waals surface area contributed by atoms with Crippen LogP contribution < -0.4 is 5.32 Å². The fraction of sp³-hybridized carbons (Fsp3) is 0.444. The largest absolute Gasteiger partial charge is 0.480 e. The SMILES string of the molecule is O=C(O)COC1CCN(C(=O)C2(CNC(=O)OCC3c4ccccc4-c4ccccc43)CC2)CC1. The van der Waals surface area contributed by atoms with Crippen LogP contribution in [0.25, 0.3) is 11.1 Å². The number of carbonyl (C=O) groups is 3. The number of carboxylic acids is 1. The molecule has 5 rings (SSSR count). The normalized spacial score (nSPS) is 18.5. The Morgan fingerprint density at radius 1 is 0.971 bits per heavy atom. The number of rotatable bonds is 8. The summed E-state index contributed by atoms with van der Waals surface area (Å²) in [7, 11) is 0. The summed E-state index contributed by atoms with van der Waals surface area (Å²) in [6, 6.07) is 16.4. The minimum atomic E-state index is -0.986. The van der Waals surface area contributed by atoms with E-state index in [-0.39, 0.29) is 37.7 Å². The Kier molecular flexibility index (Phi) is 6.47. The first kappa shape index (κ1) is 23.4. The molecule has 0 radical (unpaired) electrons. The van der Waals surface area contributed by atoms with Crippen LogP contribution in [0.3, 0.4) is 0 Å². The molecule has 3 aliphatic rings. The molecule has 1 heterocycles. The first-order valence-electron chi connectivity index (χ1n) is 12.2. The van der Waals surface area contributed by atoms with E-state index >= 15 is 0 Å². The highest BCUT2D eigenvalue weighted by atomic mass is 16.5. The number of nitrogens with one attached hydrogen (secondary N) is 1. The lowest BCUT2D eigenvalue weighted by atomic mass is 9.98. The van der Waals surface area contributed by atoms with E-state index in [4.69, 9.17) is 14.6 Å². The van der Waals surface area contributed by atoms with Crippen LogP contribution in [-0.4, -0.2) is 66.9 Å². The summed E-state index contributed by atoms with van der Waals surface area (Å²) in [6.45, 7) is 1.26. The van der Waals surface area contributed by atoms with Gasteiger partial charge in [-0.05, 0) is 47.9 Å². The van der Waals surface area contributed by atoms with Gasteiger partial charge in [-0.25, -0.2) is 9.59 Å². The molecule has 2 fully saturated rings. The fourth-order valence-corrected chi connectivity index (χ4v) is 5.26. The Morgan fingerprint density at radius 3 is 2.14 bits per heavy atom. The van der Waals surface area contributed by atoms with Gasteiger partial charge in [0, 0.05) is 25.6 Å². The monoisotopic (exact) mass is 478 g/mol. The first-order chi connectivity index (χ1) is 17.0. The van der Waals surface area contributed by atoms with E-state index in [1.807, 2.05) is 29.2 Å². The molecule has 8 nitrogen and oxygen atoms in total. The molecule has 1 aliphatic heterocycles. The lowest BCUT2D eigenvalue weighted by Crippen LogP contribution is -2.47. The fourth-order valence-electron chi connectivity index (χ4n) is 5.26. The Morgan fingerprint density at radius 2 is 1.57 bits per heavy atom. The molecule has 8 heteroatoms. The number of aliphatic carboxylic acids is 1. The highest BCUT2D eigenvalue weighted by Crippen LogP contribution is 2.47. The Labute approximate surface area is 204 Å². The van der Waals surface area contributed by atoms with Crippen LogP contribution in [0.2, 0.25) is 0 Å². The van der Waals surface area contributed by atoms with Crippen molar-refractivity contribution in [3.8, 4) is 11.1 Å². The van der Waals surface area contributed by atoms with Gasteiger partial charge in [0.1, 0.15) is 13.2 Å². The van der Waals surface area contributed by atoms with Crippen molar-refractivity contribution in [2.24, 2.45) is 5.41 Å². The second kappa shape index (κ2) is 9.70. The molecule has 0 spiro atoms.